The number of carboxylic acid groups (broad SMARTS) is 1. The quantitative estimate of drug-likeness (QED) is 0.268. The van der Waals surface area contributed by atoms with Gasteiger partial charge in [0, 0.05) is 23.7 Å². The number of rotatable bonds is 9. The van der Waals surface area contributed by atoms with Gasteiger partial charge in [-0.25, -0.2) is 0 Å². The number of Topliss-reactive ketones (excluding diaryl/α,β-unsaturated/α-hetero) is 1. The summed E-state index contributed by atoms with van der Waals surface area (Å²) in [6.07, 6.45) is 13.6. The minimum Gasteiger partial charge on any atom is -0.481 e. The third-order valence-electron chi connectivity index (χ3n) is 15.4. The van der Waals surface area contributed by atoms with Gasteiger partial charge < -0.3 is 9.84 Å². The number of unbranched alkanes of at least 4 members (excludes halogenated alkanes) is 1. The minimum absolute atomic E-state index is 0.00335. The van der Waals surface area contributed by atoms with Gasteiger partial charge in [-0.1, -0.05) is 61.8 Å². The average molecular weight is 599 g/mol. The number of carbonyl (C=O) groups excluding carboxylic acids is 2. The Labute approximate surface area is 262 Å². The lowest BCUT2D eigenvalue weighted by Crippen LogP contribution is -2.67. The van der Waals surface area contributed by atoms with Crippen molar-refractivity contribution in [2.24, 2.45) is 62.6 Å². The van der Waals surface area contributed by atoms with Crippen LogP contribution in [0.5, 0.6) is 0 Å². The Morgan fingerprint density at radius 2 is 1.51 bits per heavy atom. The summed E-state index contributed by atoms with van der Waals surface area (Å²) in [4.78, 5) is 38.2. The summed E-state index contributed by atoms with van der Waals surface area (Å²) in [6.45, 7) is 19.4. The lowest BCUT2D eigenvalue weighted by atomic mass is 9.32. The molecule has 244 valence electrons. The van der Waals surface area contributed by atoms with Gasteiger partial charge in [0.1, 0.15) is 11.9 Å². The Hall–Kier alpha value is -1.39. The van der Waals surface area contributed by atoms with Gasteiger partial charge in [-0.2, -0.15) is 0 Å². The maximum absolute atomic E-state index is 14.0. The molecule has 0 aromatic heterocycles. The van der Waals surface area contributed by atoms with E-state index in [1.165, 1.54) is 25.7 Å². The van der Waals surface area contributed by atoms with Crippen molar-refractivity contribution in [2.45, 2.75) is 158 Å². The second kappa shape index (κ2) is 11.4. The Bertz CT molecular complexity index is 1090. The zero-order valence-corrected chi connectivity index (χ0v) is 28.7. The second-order valence-corrected chi connectivity index (χ2v) is 17.6. The molecular formula is C38H62O5. The molecule has 0 aromatic carbocycles. The zero-order chi connectivity index (χ0) is 31.6. The molecular weight excluding hydrogens is 536 g/mol. The first-order chi connectivity index (χ1) is 20.1. The van der Waals surface area contributed by atoms with E-state index in [4.69, 9.17) is 4.74 Å². The maximum atomic E-state index is 14.0. The lowest BCUT2D eigenvalue weighted by Gasteiger charge is -2.73. The van der Waals surface area contributed by atoms with Gasteiger partial charge in [0.15, 0.2) is 0 Å². The number of hydrogen-bond donors (Lipinski definition) is 1. The van der Waals surface area contributed by atoms with Crippen LogP contribution in [0, 0.1) is 62.6 Å². The number of carbonyl (C=O) groups is 3. The minimum atomic E-state index is -0.855. The molecule has 5 aliphatic rings. The molecule has 0 spiro atoms. The largest absolute Gasteiger partial charge is 0.481 e. The first kappa shape index (κ1) is 33.0. The number of ether oxygens (including phenoxy) is 1. The standard InChI is InChI=1S/C38H62O5/c1-9-10-11-32(42)43-30-18-19-35(6)27(34(30,4)5)17-20-37(8)28(35)13-12-26-33-25(24(2)3)16-21-38(33,23-22-36(26,37)7)29(39)14-15-31(40)41/h24-28,30,33H,9-23H2,1-8H3,(H,40,41)/t25?,26?,27?,28?,30-,33?,35+,36-,37-,38-/m1/s1. The van der Waals surface area contributed by atoms with Crippen LogP contribution in [-0.4, -0.2) is 28.9 Å². The van der Waals surface area contributed by atoms with Gasteiger partial charge in [0.25, 0.3) is 0 Å². The molecule has 0 saturated heterocycles. The van der Waals surface area contributed by atoms with Crippen LogP contribution in [0.4, 0.5) is 0 Å². The van der Waals surface area contributed by atoms with Gasteiger partial charge in [-0.15, -0.1) is 0 Å². The van der Waals surface area contributed by atoms with Crippen LogP contribution in [0.25, 0.3) is 0 Å². The summed E-state index contributed by atoms with van der Waals surface area (Å²) in [5.41, 5.74) is 0.245. The normalized spacial score (nSPS) is 45.0. The van der Waals surface area contributed by atoms with E-state index >= 15 is 0 Å². The summed E-state index contributed by atoms with van der Waals surface area (Å²) in [5.74, 6) is 2.53. The molecule has 5 heteroatoms. The Balaban J connectivity index is 1.44. The summed E-state index contributed by atoms with van der Waals surface area (Å²) in [7, 11) is 0. The van der Waals surface area contributed by atoms with E-state index in [-0.39, 0.29) is 57.8 Å². The molecule has 0 aliphatic heterocycles. The molecule has 10 atom stereocenters. The smallest absolute Gasteiger partial charge is 0.306 e. The fourth-order valence-electron chi connectivity index (χ4n) is 13.1. The second-order valence-electron chi connectivity index (χ2n) is 17.6. The third-order valence-corrected chi connectivity index (χ3v) is 15.4. The van der Waals surface area contributed by atoms with Crippen LogP contribution >= 0.6 is 0 Å². The van der Waals surface area contributed by atoms with Gasteiger partial charge in [-0.3, -0.25) is 14.4 Å². The molecule has 5 saturated carbocycles. The lowest BCUT2D eigenvalue weighted by molar-refractivity contribution is -0.250. The molecule has 0 bridgehead atoms. The fourth-order valence-corrected chi connectivity index (χ4v) is 13.1. The molecule has 5 fully saturated rings. The first-order valence-corrected chi connectivity index (χ1v) is 18.0. The highest BCUT2D eigenvalue weighted by molar-refractivity contribution is 5.88. The van der Waals surface area contributed by atoms with Crippen molar-refractivity contribution in [1.29, 1.82) is 0 Å². The van der Waals surface area contributed by atoms with Crippen LogP contribution in [0.15, 0.2) is 0 Å². The summed E-state index contributed by atoms with van der Waals surface area (Å²) in [5, 5.41) is 9.40. The summed E-state index contributed by atoms with van der Waals surface area (Å²) in [6, 6.07) is 0. The van der Waals surface area contributed by atoms with Crippen LogP contribution in [0.2, 0.25) is 0 Å². The number of fused-ring (bicyclic) bond motifs is 7. The summed E-state index contributed by atoms with van der Waals surface area (Å²) < 4.78 is 6.21. The zero-order valence-electron chi connectivity index (χ0n) is 28.7. The summed E-state index contributed by atoms with van der Waals surface area (Å²) >= 11 is 0. The molecule has 5 nitrogen and oxygen atoms in total. The molecule has 43 heavy (non-hydrogen) atoms. The van der Waals surface area contributed by atoms with Gasteiger partial charge in [-0.05, 0) is 122 Å². The van der Waals surface area contributed by atoms with E-state index in [9.17, 15) is 19.5 Å². The first-order valence-electron chi connectivity index (χ1n) is 18.0. The number of carboxylic acids is 1. The van der Waals surface area contributed by atoms with Gasteiger partial charge >= 0.3 is 11.9 Å². The van der Waals surface area contributed by atoms with Crippen molar-refractivity contribution in [3.63, 3.8) is 0 Å². The van der Waals surface area contributed by atoms with E-state index in [0.29, 0.717) is 41.9 Å². The van der Waals surface area contributed by atoms with E-state index in [0.717, 1.165) is 51.4 Å². The highest BCUT2D eigenvalue weighted by Crippen LogP contribution is 2.77. The molecule has 0 radical (unpaired) electrons. The number of ketones is 1. The highest BCUT2D eigenvalue weighted by atomic mass is 16.5. The van der Waals surface area contributed by atoms with Crippen LogP contribution in [0.1, 0.15) is 152 Å². The van der Waals surface area contributed by atoms with Crippen molar-refractivity contribution in [2.75, 3.05) is 0 Å². The SMILES string of the molecule is CCCCC(=O)O[C@@H]1CC[C@@]2(C)C(CC[C@]3(C)C2CCC2C4C(C(C)C)CC[C@]4(C(=O)CCC(=O)O)CC[C@]23C)C1(C)C. The number of aliphatic carboxylic acids is 1. The Morgan fingerprint density at radius 3 is 2.16 bits per heavy atom. The van der Waals surface area contributed by atoms with Crippen LogP contribution in [-0.2, 0) is 19.1 Å². The fraction of sp³-hybridized carbons (Fsp3) is 0.921. The molecule has 1 N–H and O–H groups in total. The molecule has 5 unspecified atom stereocenters. The predicted molar refractivity (Wildman–Crippen MR) is 170 cm³/mol. The molecule has 0 heterocycles. The van der Waals surface area contributed by atoms with Gasteiger partial charge in [0.05, 0.1) is 6.42 Å². The molecule has 5 rings (SSSR count). The third kappa shape index (κ3) is 4.95. The number of hydrogen-bond acceptors (Lipinski definition) is 4. The van der Waals surface area contributed by atoms with E-state index < -0.39 is 5.97 Å². The van der Waals surface area contributed by atoms with Crippen LogP contribution < -0.4 is 0 Å². The molecule has 0 aromatic rings. The van der Waals surface area contributed by atoms with E-state index in [1.807, 2.05) is 0 Å². The topological polar surface area (TPSA) is 80.7 Å². The van der Waals surface area contributed by atoms with Crippen LogP contribution in [0.3, 0.4) is 0 Å². The highest BCUT2D eigenvalue weighted by Gasteiger charge is 2.72. The number of esters is 1. The molecule has 0 amide bonds. The Kier molecular flexibility index (Phi) is 8.78. The average Bonchev–Trinajstić information content (AvgIpc) is 3.34. The predicted octanol–water partition coefficient (Wildman–Crippen LogP) is 9.26. The van der Waals surface area contributed by atoms with Crippen molar-refractivity contribution in [3.05, 3.63) is 0 Å². The molecule has 5 aliphatic carbocycles. The van der Waals surface area contributed by atoms with Crippen molar-refractivity contribution < 1.29 is 24.2 Å². The monoisotopic (exact) mass is 598 g/mol. The van der Waals surface area contributed by atoms with Crippen molar-refractivity contribution in [3.8, 4) is 0 Å². The van der Waals surface area contributed by atoms with Crippen molar-refractivity contribution in [1.82, 2.24) is 0 Å². The van der Waals surface area contributed by atoms with E-state index in [2.05, 4.69) is 55.4 Å². The maximum Gasteiger partial charge on any atom is 0.306 e. The van der Waals surface area contributed by atoms with Crippen molar-refractivity contribution >= 4 is 17.7 Å². The van der Waals surface area contributed by atoms with Gasteiger partial charge in [0.2, 0.25) is 0 Å². The Morgan fingerprint density at radius 1 is 0.791 bits per heavy atom. The van der Waals surface area contributed by atoms with E-state index in [1.54, 1.807) is 0 Å².